The zero-order valence-electron chi connectivity index (χ0n) is 13.7. The van der Waals surface area contributed by atoms with Crippen molar-refractivity contribution in [3.63, 3.8) is 0 Å². The van der Waals surface area contributed by atoms with Gasteiger partial charge >= 0.3 is 11.9 Å². The molecule has 0 aromatic rings. The molecule has 0 radical (unpaired) electrons. The van der Waals surface area contributed by atoms with Gasteiger partial charge in [-0.3, -0.25) is 0 Å². The van der Waals surface area contributed by atoms with Crippen LogP contribution in [0.4, 0.5) is 0 Å². The van der Waals surface area contributed by atoms with Crippen LogP contribution in [0.25, 0.3) is 0 Å². The Morgan fingerprint density at radius 2 is 1.09 bits per heavy atom. The highest BCUT2D eigenvalue weighted by Crippen LogP contribution is 2.12. The molecule has 0 aromatic carbocycles. The van der Waals surface area contributed by atoms with E-state index in [4.69, 9.17) is 0 Å². The van der Waals surface area contributed by atoms with Gasteiger partial charge in [-0.15, -0.1) is 0 Å². The number of esters is 2. The topological polar surface area (TPSA) is 134 Å². The van der Waals surface area contributed by atoms with Gasteiger partial charge in [0.05, 0.1) is 25.4 Å². The molecule has 0 aliphatic rings. The molecule has 23 heavy (non-hydrogen) atoms. The van der Waals surface area contributed by atoms with Crippen LogP contribution >= 0.6 is 0 Å². The Hall–Kier alpha value is -1.22. The molecule has 0 unspecified atom stereocenters. The first-order valence-electron chi connectivity index (χ1n) is 7.90. The molecule has 0 bridgehead atoms. The summed E-state index contributed by atoms with van der Waals surface area (Å²) < 4.78 is 9.20. The Balaban J connectivity index is 3.87. The molecule has 0 aliphatic heterocycles. The summed E-state index contributed by atoms with van der Waals surface area (Å²) in [5, 5.41) is 38.3. The summed E-state index contributed by atoms with van der Waals surface area (Å²) in [5.74, 6) is -1.71. The summed E-state index contributed by atoms with van der Waals surface area (Å²) in [4.78, 5) is 22.4. The SMILES string of the molecule is CCOC(=O)[C@@H](O)[C@H](O)CCCCC[C@@H](O)[C@H](O)C(=O)OCC. The number of ether oxygens (including phenoxy) is 2. The average molecular weight is 336 g/mol. The second kappa shape index (κ2) is 12.2. The number of carbonyl (C=O) groups excluding carboxylic acids is 2. The molecule has 0 aliphatic carbocycles. The van der Waals surface area contributed by atoms with E-state index in [0.29, 0.717) is 19.3 Å². The maximum Gasteiger partial charge on any atom is 0.337 e. The molecule has 8 nitrogen and oxygen atoms in total. The van der Waals surface area contributed by atoms with Crippen molar-refractivity contribution >= 4 is 11.9 Å². The number of aliphatic hydroxyl groups excluding tert-OH is 4. The van der Waals surface area contributed by atoms with Crippen molar-refractivity contribution in [1.29, 1.82) is 0 Å². The molecule has 0 heterocycles. The number of hydrogen-bond acceptors (Lipinski definition) is 8. The van der Waals surface area contributed by atoms with Gasteiger partial charge in [0.1, 0.15) is 0 Å². The van der Waals surface area contributed by atoms with Crippen molar-refractivity contribution < 1.29 is 39.5 Å². The molecule has 0 saturated heterocycles. The van der Waals surface area contributed by atoms with Crippen LogP contribution in [0, 0.1) is 0 Å². The van der Waals surface area contributed by atoms with Crippen molar-refractivity contribution in [2.24, 2.45) is 0 Å². The van der Waals surface area contributed by atoms with Gasteiger partial charge in [-0.2, -0.15) is 0 Å². The summed E-state index contributed by atoms with van der Waals surface area (Å²) in [7, 11) is 0. The minimum absolute atomic E-state index is 0.128. The van der Waals surface area contributed by atoms with Crippen LogP contribution in [0.15, 0.2) is 0 Å². The molecule has 0 rings (SSSR count). The lowest BCUT2D eigenvalue weighted by Gasteiger charge is -2.17. The van der Waals surface area contributed by atoms with Crippen LogP contribution in [-0.2, 0) is 19.1 Å². The van der Waals surface area contributed by atoms with Crippen molar-refractivity contribution in [2.75, 3.05) is 13.2 Å². The van der Waals surface area contributed by atoms with E-state index in [1.807, 2.05) is 0 Å². The molecular formula is C15H28O8. The van der Waals surface area contributed by atoms with Crippen LogP contribution in [-0.4, -0.2) is 70.0 Å². The van der Waals surface area contributed by atoms with Gasteiger partial charge in [-0.1, -0.05) is 19.3 Å². The Bertz CT molecular complexity index is 314. The summed E-state index contributed by atoms with van der Waals surface area (Å²) in [6.45, 7) is 3.46. The fourth-order valence-corrected chi connectivity index (χ4v) is 1.97. The van der Waals surface area contributed by atoms with Crippen LogP contribution in [0.3, 0.4) is 0 Å². The predicted molar refractivity (Wildman–Crippen MR) is 80.4 cm³/mol. The van der Waals surface area contributed by atoms with Gasteiger partial charge in [0.2, 0.25) is 0 Å². The number of unbranched alkanes of at least 4 members (excludes halogenated alkanes) is 2. The maximum atomic E-state index is 11.2. The van der Waals surface area contributed by atoms with Crippen LogP contribution in [0.5, 0.6) is 0 Å². The third-order valence-corrected chi connectivity index (χ3v) is 3.28. The molecule has 0 saturated carbocycles. The molecule has 0 fully saturated rings. The summed E-state index contributed by atoms with van der Waals surface area (Å²) >= 11 is 0. The lowest BCUT2D eigenvalue weighted by molar-refractivity contribution is -0.160. The number of carbonyl (C=O) groups is 2. The summed E-state index contributed by atoms with van der Waals surface area (Å²) in [6, 6.07) is 0. The first kappa shape index (κ1) is 21.8. The Kier molecular flexibility index (Phi) is 11.6. The third kappa shape index (κ3) is 8.85. The monoisotopic (exact) mass is 336 g/mol. The van der Waals surface area contributed by atoms with Crippen molar-refractivity contribution in [3.8, 4) is 0 Å². The smallest absolute Gasteiger partial charge is 0.337 e. The second-order valence-corrected chi connectivity index (χ2v) is 5.17. The van der Waals surface area contributed by atoms with Crippen LogP contribution in [0.1, 0.15) is 46.0 Å². The molecule has 136 valence electrons. The molecule has 8 heteroatoms. The molecule has 4 N–H and O–H groups in total. The quantitative estimate of drug-likeness (QED) is 0.277. The van der Waals surface area contributed by atoms with Gasteiger partial charge in [0, 0.05) is 0 Å². The highest BCUT2D eigenvalue weighted by molar-refractivity contribution is 5.75. The van der Waals surface area contributed by atoms with Gasteiger partial charge in [-0.25, -0.2) is 9.59 Å². The summed E-state index contributed by atoms with van der Waals surface area (Å²) in [6.07, 6.45) is -3.50. The Labute approximate surface area is 136 Å². The van der Waals surface area contributed by atoms with E-state index in [9.17, 15) is 30.0 Å². The standard InChI is InChI=1S/C15H28O8/c1-3-22-14(20)12(18)10(16)8-6-5-7-9-11(17)13(19)15(21)23-4-2/h10-13,16-19H,3-9H2,1-2H3/t10-,11-,12+,13+/m1/s1. The van der Waals surface area contributed by atoms with Gasteiger partial charge in [0.15, 0.2) is 12.2 Å². The second-order valence-electron chi connectivity index (χ2n) is 5.17. The van der Waals surface area contributed by atoms with Crippen molar-refractivity contribution in [2.45, 2.75) is 70.4 Å². The third-order valence-electron chi connectivity index (χ3n) is 3.28. The van der Waals surface area contributed by atoms with Crippen molar-refractivity contribution in [1.82, 2.24) is 0 Å². The number of rotatable bonds is 12. The van der Waals surface area contributed by atoms with E-state index < -0.39 is 36.4 Å². The largest absolute Gasteiger partial charge is 0.464 e. The lowest BCUT2D eigenvalue weighted by Crippen LogP contribution is -2.35. The Morgan fingerprint density at radius 3 is 1.39 bits per heavy atom. The van der Waals surface area contributed by atoms with E-state index in [0.717, 1.165) is 0 Å². The highest BCUT2D eigenvalue weighted by Gasteiger charge is 2.26. The molecule has 0 amide bonds. The van der Waals surface area contributed by atoms with E-state index in [1.54, 1.807) is 13.8 Å². The normalized spacial score (nSPS) is 16.3. The van der Waals surface area contributed by atoms with Gasteiger partial charge < -0.3 is 29.9 Å². The van der Waals surface area contributed by atoms with E-state index in [2.05, 4.69) is 9.47 Å². The molecule has 0 spiro atoms. The fraction of sp³-hybridized carbons (Fsp3) is 0.867. The van der Waals surface area contributed by atoms with Crippen LogP contribution in [0.2, 0.25) is 0 Å². The van der Waals surface area contributed by atoms with Gasteiger partial charge in [-0.05, 0) is 26.7 Å². The maximum absolute atomic E-state index is 11.2. The summed E-state index contributed by atoms with van der Waals surface area (Å²) in [5.41, 5.74) is 0. The van der Waals surface area contributed by atoms with E-state index in [1.165, 1.54) is 0 Å². The number of aliphatic hydroxyl groups is 4. The first-order valence-corrected chi connectivity index (χ1v) is 7.90. The minimum Gasteiger partial charge on any atom is -0.464 e. The molecular weight excluding hydrogens is 308 g/mol. The average Bonchev–Trinajstić information content (AvgIpc) is 2.52. The van der Waals surface area contributed by atoms with Crippen LogP contribution < -0.4 is 0 Å². The molecule has 0 aromatic heterocycles. The Morgan fingerprint density at radius 1 is 0.739 bits per heavy atom. The molecule has 4 atom stereocenters. The first-order chi connectivity index (χ1) is 10.8. The fourth-order valence-electron chi connectivity index (χ4n) is 1.97. The van der Waals surface area contributed by atoms with Gasteiger partial charge in [0.25, 0.3) is 0 Å². The minimum atomic E-state index is -1.56. The van der Waals surface area contributed by atoms with Crippen molar-refractivity contribution in [3.05, 3.63) is 0 Å². The zero-order valence-corrected chi connectivity index (χ0v) is 13.7. The number of hydrogen-bond donors (Lipinski definition) is 4. The van der Waals surface area contributed by atoms with E-state index >= 15 is 0 Å². The zero-order chi connectivity index (χ0) is 17.8. The predicted octanol–water partition coefficient (Wildman–Crippen LogP) is -0.493. The van der Waals surface area contributed by atoms with E-state index in [-0.39, 0.29) is 26.1 Å². The highest BCUT2D eigenvalue weighted by atomic mass is 16.6. The lowest BCUT2D eigenvalue weighted by atomic mass is 10.0.